The Morgan fingerprint density at radius 1 is 1.08 bits per heavy atom. The molecule has 1 aromatic heterocycles. The van der Waals surface area contributed by atoms with Gasteiger partial charge in [0.25, 0.3) is 0 Å². The van der Waals surface area contributed by atoms with Crippen LogP contribution in [0.5, 0.6) is 11.5 Å². The monoisotopic (exact) mass is 549 g/mol. The summed E-state index contributed by atoms with van der Waals surface area (Å²) in [4.78, 5) is 11.9. The van der Waals surface area contributed by atoms with Gasteiger partial charge in [0.15, 0.2) is 5.75 Å². The molecule has 11 heteroatoms. The maximum absolute atomic E-state index is 11.9. The summed E-state index contributed by atoms with van der Waals surface area (Å²) < 4.78 is 11.5. The van der Waals surface area contributed by atoms with Gasteiger partial charge in [-0.2, -0.15) is 5.10 Å². The molecule has 3 aromatic rings. The minimum atomic E-state index is -0.346. The average Bonchev–Trinajstić information content (AvgIpc) is 3.26. The Labute approximate surface area is 224 Å². The number of carbonyl (C=O) groups excluding carboxylic acids is 1. The molecule has 0 saturated heterocycles. The van der Waals surface area contributed by atoms with Crippen molar-refractivity contribution >= 4 is 51.8 Å². The second-order valence-corrected chi connectivity index (χ2v) is 9.88. The number of amides is 1. The predicted octanol–water partition coefficient (Wildman–Crippen LogP) is 5.70. The van der Waals surface area contributed by atoms with Gasteiger partial charge in [0.05, 0.1) is 22.7 Å². The van der Waals surface area contributed by atoms with E-state index in [4.69, 9.17) is 38.4 Å². The zero-order valence-electron chi connectivity index (χ0n) is 20.0. The molecule has 0 aliphatic heterocycles. The fraction of sp³-hybridized carbons (Fsp3) is 0.360. The number of benzene rings is 2. The third-order valence-electron chi connectivity index (χ3n) is 5.06. The number of nitrogens with one attached hydrogen (secondary N) is 1. The van der Waals surface area contributed by atoms with Crippen LogP contribution in [0.3, 0.4) is 0 Å². The second-order valence-electron chi connectivity index (χ2n) is 7.97. The van der Waals surface area contributed by atoms with Crippen LogP contribution in [0.15, 0.2) is 41.5 Å². The summed E-state index contributed by atoms with van der Waals surface area (Å²) in [7, 11) is 0. The molecule has 0 aliphatic carbocycles. The van der Waals surface area contributed by atoms with Gasteiger partial charge in [-0.15, -0.1) is 10.2 Å². The Morgan fingerprint density at radius 2 is 1.81 bits per heavy atom. The third kappa shape index (κ3) is 9.29. The lowest BCUT2D eigenvalue weighted by Crippen LogP contribution is -2.19. The van der Waals surface area contributed by atoms with E-state index in [9.17, 15) is 4.79 Å². The van der Waals surface area contributed by atoms with Crippen LogP contribution in [0.1, 0.15) is 48.7 Å². The molecule has 0 unspecified atom stereocenters. The number of unbranched alkanes of at least 4 members (excludes halogenated alkanes) is 3. The molecular weight excluding hydrogens is 521 g/mol. The number of hydrazone groups is 1. The van der Waals surface area contributed by atoms with Crippen LogP contribution in [0.2, 0.25) is 10.0 Å². The van der Waals surface area contributed by atoms with E-state index in [0.29, 0.717) is 38.1 Å². The second kappa shape index (κ2) is 14.6. The number of nitrogen functional groups attached to an aromatic ring is 1. The average molecular weight is 551 g/mol. The maximum atomic E-state index is 11.9. The van der Waals surface area contributed by atoms with E-state index in [1.807, 2.05) is 12.1 Å². The van der Waals surface area contributed by atoms with Crippen LogP contribution in [0.25, 0.3) is 0 Å². The molecule has 0 atom stereocenters. The Kier molecular flexibility index (Phi) is 11.3. The van der Waals surface area contributed by atoms with Crippen LogP contribution in [0, 0.1) is 0 Å². The zero-order valence-corrected chi connectivity index (χ0v) is 22.3. The zero-order chi connectivity index (χ0) is 25.8. The number of rotatable bonds is 14. The van der Waals surface area contributed by atoms with Crippen molar-refractivity contribution in [1.29, 1.82) is 0 Å². The smallest absolute Gasteiger partial charge is 0.247 e. The van der Waals surface area contributed by atoms with E-state index in [1.165, 1.54) is 37.5 Å². The minimum absolute atomic E-state index is 0.0335. The molecule has 1 heterocycles. The van der Waals surface area contributed by atoms with Gasteiger partial charge in [-0.25, -0.2) is 5.43 Å². The molecule has 0 fully saturated rings. The van der Waals surface area contributed by atoms with Gasteiger partial charge in [0.2, 0.25) is 11.0 Å². The molecule has 0 spiro atoms. The van der Waals surface area contributed by atoms with Crippen LogP contribution < -0.4 is 20.6 Å². The Bertz CT molecular complexity index is 1130. The lowest BCUT2D eigenvalue weighted by molar-refractivity contribution is -0.120. The van der Waals surface area contributed by atoms with Crippen molar-refractivity contribution < 1.29 is 14.3 Å². The minimum Gasteiger partial charge on any atom is -0.490 e. The van der Waals surface area contributed by atoms with Gasteiger partial charge in [0.1, 0.15) is 24.0 Å². The molecule has 192 valence electrons. The molecule has 3 N–H and O–H groups in total. The number of aryl methyl sites for hydroxylation is 1. The van der Waals surface area contributed by atoms with E-state index < -0.39 is 0 Å². The van der Waals surface area contributed by atoms with Crippen LogP contribution in [-0.4, -0.2) is 35.5 Å². The third-order valence-corrected chi connectivity index (χ3v) is 6.37. The van der Waals surface area contributed by atoms with E-state index in [1.54, 1.807) is 12.1 Å². The number of anilines is 1. The van der Waals surface area contributed by atoms with Gasteiger partial charge < -0.3 is 15.2 Å². The first-order valence-corrected chi connectivity index (χ1v) is 13.2. The number of carbonyl (C=O) groups is 1. The first kappa shape index (κ1) is 27.7. The normalized spacial score (nSPS) is 11.1. The molecule has 2 aromatic carbocycles. The van der Waals surface area contributed by atoms with E-state index in [2.05, 4.69) is 39.8 Å². The number of nitrogens with two attached hydrogens (primary N) is 1. The van der Waals surface area contributed by atoms with Crippen molar-refractivity contribution in [3.05, 3.63) is 62.6 Å². The molecule has 0 radical (unpaired) electrons. The fourth-order valence-corrected chi connectivity index (χ4v) is 4.52. The van der Waals surface area contributed by atoms with E-state index in [0.717, 1.165) is 23.5 Å². The summed E-state index contributed by atoms with van der Waals surface area (Å²) in [6.45, 7) is 2.84. The van der Waals surface area contributed by atoms with Crippen molar-refractivity contribution in [1.82, 2.24) is 15.6 Å². The summed E-state index contributed by atoms with van der Waals surface area (Å²) in [5.41, 5.74) is 9.83. The molecule has 0 bridgehead atoms. The van der Waals surface area contributed by atoms with Crippen molar-refractivity contribution in [2.24, 2.45) is 5.10 Å². The molecule has 0 saturated carbocycles. The van der Waals surface area contributed by atoms with Crippen LogP contribution >= 0.6 is 34.5 Å². The summed E-state index contributed by atoms with van der Waals surface area (Å²) >= 11 is 13.8. The largest absolute Gasteiger partial charge is 0.490 e. The van der Waals surface area contributed by atoms with Gasteiger partial charge in [-0.3, -0.25) is 4.79 Å². The first-order chi connectivity index (χ1) is 17.4. The van der Waals surface area contributed by atoms with E-state index >= 15 is 0 Å². The summed E-state index contributed by atoms with van der Waals surface area (Å²) in [5, 5.41) is 12.8. The maximum Gasteiger partial charge on any atom is 0.247 e. The molecule has 8 nitrogen and oxygen atoms in total. The molecule has 1 amide bonds. The number of aromatic nitrogens is 2. The molecule has 0 aliphatic rings. The number of halogens is 2. The van der Waals surface area contributed by atoms with E-state index in [-0.39, 0.29) is 18.9 Å². The highest BCUT2D eigenvalue weighted by Crippen LogP contribution is 2.33. The van der Waals surface area contributed by atoms with Crippen molar-refractivity contribution in [3.8, 4) is 11.5 Å². The fourth-order valence-electron chi connectivity index (χ4n) is 3.30. The molecule has 36 heavy (non-hydrogen) atoms. The quantitative estimate of drug-likeness (QED) is 0.151. The Balaban J connectivity index is 1.41. The number of ether oxygens (including phenoxy) is 2. The van der Waals surface area contributed by atoms with Gasteiger partial charge in [0, 0.05) is 0 Å². The highest BCUT2D eigenvalue weighted by atomic mass is 35.5. The predicted molar refractivity (Wildman–Crippen MR) is 146 cm³/mol. The topological polar surface area (TPSA) is 112 Å². The summed E-state index contributed by atoms with van der Waals surface area (Å²) in [6.07, 6.45) is 7.57. The SMILES string of the molecule is CCCCCCc1ccc(OCCOc2c(Cl)cc(C=NNC(=O)Cc3nnc(N)s3)cc2Cl)cc1. The number of nitrogens with zero attached hydrogens (tertiary/aromatic N) is 3. The van der Waals surface area contributed by atoms with Crippen molar-refractivity contribution in [2.45, 2.75) is 45.4 Å². The molecule has 3 rings (SSSR count). The first-order valence-electron chi connectivity index (χ1n) is 11.7. The summed E-state index contributed by atoms with van der Waals surface area (Å²) in [5.74, 6) is 0.803. The highest BCUT2D eigenvalue weighted by Gasteiger charge is 2.10. The van der Waals surface area contributed by atoms with Gasteiger partial charge in [-0.1, -0.05) is 72.9 Å². The van der Waals surface area contributed by atoms with Gasteiger partial charge in [-0.05, 0) is 48.2 Å². The van der Waals surface area contributed by atoms with Gasteiger partial charge >= 0.3 is 0 Å². The molecular formula is C25H29Cl2N5O3S. The standard InChI is InChI=1S/C25H29Cl2N5O3S/c1-2-3-4-5-6-17-7-9-19(10-8-17)34-11-12-35-24-20(26)13-18(14-21(24)27)16-29-30-22(33)15-23-31-32-25(28)36-23/h7-10,13-14,16H,2-6,11-12,15H2,1H3,(H2,28,32)(H,30,33). The highest BCUT2D eigenvalue weighted by molar-refractivity contribution is 7.15. The Morgan fingerprint density at radius 3 is 2.47 bits per heavy atom. The van der Waals surface area contributed by atoms with Crippen molar-refractivity contribution in [2.75, 3.05) is 18.9 Å². The van der Waals surface area contributed by atoms with Crippen molar-refractivity contribution in [3.63, 3.8) is 0 Å². The lowest BCUT2D eigenvalue weighted by Gasteiger charge is -2.12. The van der Waals surface area contributed by atoms with Crippen LogP contribution in [0.4, 0.5) is 5.13 Å². The number of hydrogen-bond donors (Lipinski definition) is 2. The summed E-state index contributed by atoms with van der Waals surface area (Å²) in [6, 6.07) is 11.4. The number of hydrogen-bond acceptors (Lipinski definition) is 8. The Hall–Kier alpha value is -2.88. The lowest BCUT2D eigenvalue weighted by atomic mass is 10.1. The van der Waals surface area contributed by atoms with Crippen LogP contribution in [-0.2, 0) is 17.6 Å².